The normalized spacial score (nSPS) is 10.2. The number of hydrogen-bond donors (Lipinski definition) is 1. The highest BCUT2D eigenvalue weighted by Crippen LogP contribution is 2.20. The van der Waals surface area contributed by atoms with Gasteiger partial charge in [0.15, 0.2) is 0 Å². The number of carbonyl (C=O) groups is 1. The molecule has 2 aromatic rings. The molecule has 0 aliphatic carbocycles. The topological polar surface area (TPSA) is 42.0 Å². The first kappa shape index (κ1) is 13.1. The fraction of sp³-hybridized carbons (Fsp3) is 0. The standard InChI is InChI=1S/C12H7Cl3N2O/c13-8-1-2-16-11(6-8)17-12(18)7-3-9(14)5-10(15)4-7/h1-6H,(H,16,17,18). The number of amides is 1. The minimum Gasteiger partial charge on any atom is -0.307 e. The van der Waals surface area contributed by atoms with Gasteiger partial charge in [-0.2, -0.15) is 0 Å². The first-order valence-electron chi connectivity index (χ1n) is 4.93. The van der Waals surface area contributed by atoms with Gasteiger partial charge in [0.2, 0.25) is 0 Å². The fourth-order valence-electron chi connectivity index (χ4n) is 1.35. The van der Waals surface area contributed by atoms with Crippen LogP contribution in [0.1, 0.15) is 10.4 Å². The van der Waals surface area contributed by atoms with Crippen LogP contribution in [-0.2, 0) is 0 Å². The van der Waals surface area contributed by atoms with Crippen LogP contribution in [0.15, 0.2) is 36.5 Å². The van der Waals surface area contributed by atoms with Crippen molar-refractivity contribution in [2.45, 2.75) is 0 Å². The van der Waals surface area contributed by atoms with Gasteiger partial charge in [-0.3, -0.25) is 4.79 Å². The molecule has 6 heteroatoms. The molecule has 1 heterocycles. The highest BCUT2D eigenvalue weighted by atomic mass is 35.5. The summed E-state index contributed by atoms with van der Waals surface area (Å²) in [6.07, 6.45) is 1.50. The third kappa shape index (κ3) is 3.35. The van der Waals surface area contributed by atoms with Gasteiger partial charge in [0, 0.05) is 26.8 Å². The second-order valence-electron chi connectivity index (χ2n) is 3.47. The van der Waals surface area contributed by atoms with Crippen LogP contribution in [0.5, 0.6) is 0 Å². The van der Waals surface area contributed by atoms with Gasteiger partial charge in [0.1, 0.15) is 5.82 Å². The van der Waals surface area contributed by atoms with E-state index in [9.17, 15) is 4.79 Å². The SMILES string of the molecule is O=C(Nc1cc(Cl)ccn1)c1cc(Cl)cc(Cl)c1. The monoisotopic (exact) mass is 300 g/mol. The number of rotatable bonds is 2. The first-order chi connectivity index (χ1) is 8.54. The zero-order chi connectivity index (χ0) is 13.1. The minimum absolute atomic E-state index is 0.353. The molecule has 0 aliphatic rings. The summed E-state index contributed by atoms with van der Waals surface area (Å²) >= 11 is 17.4. The Morgan fingerprint density at radius 1 is 1.00 bits per heavy atom. The van der Waals surface area contributed by atoms with E-state index in [1.807, 2.05) is 0 Å². The molecule has 0 aliphatic heterocycles. The molecular formula is C12H7Cl3N2O. The zero-order valence-corrected chi connectivity index (χ0v) is 11.2. The van der Waals surface area contributed by atoms with Crippen molar-refractivity contribution < 1.29 is 4.79 Å². The lowest BCUT2D eigenvalue weighted by molar-refractivity contribution is 0.102. The Morgan fingerprint density at radius 2 is 1.67 bits per heavy atom. The average molecular weight is 302 g/mol. The fourth-order valence-corrected chi connectivity index (χ4v) is 2.03. The van der Waals surface area contributed by atoms with Crippen LogP contribution in [0.4, 0.5) is 5.82 Å². The average Bonchev–Trinajstić information content (AvgIpc) is 2.27. The summed E-state index contributed by atoms with van der Waals surface area (Å²) in [5, 5.41) is 3.88. The Bertz CT molecular complexity index is 581. The van der Waals surface area contributed by atoms with Crippen molar-refractivity contribution in [3.8, 4) is 0 Å². The van der Waals surface area contributed by atoms with Crippen LogP contribution in [0.25, 0.3) is 0 Å². The van der Waals surface area contributed by atoms with Crippen molar-refractivity contribution in [2.75, 3.05) is 5.32 Å². The molecule has 3 nitrogen and oxygen atoms in total. The van der Waals surface area contributed by atoms with Gasteiger partial charge in [-0.05, 0) is 30.3 Å². The van der Waals surface area contributed by atoms with Gasteiger partial charge in [-0.1, -0.05) is 34.8 Å². The van der Waals surface area contributed by atoms with Crippen LogP contribution in [0, 0.1) is 0 Å². The summed E-state index contributed by atoms with van der Waals surface area (Å²) in [5.74, 6) is 0.0118. The molecular weight excluding hydrogens is 295 g/mol. The quantitative estimate of drug-likeness (QED) is 0.899. The van der Waals surface area contributed by atoms with Crippen molar-refractivity contribution in [2.24, 2.45) is 0 Å². The number of nitrogens with zero attached hydrogens (tertiary/aromatic N) is 1. The smallest absolute Gasteiger partial charge is 0.256 e. The maximum atomic E-state index is 11.9. The van der Waals surface area contributed by atoms with Gasteiger partial charge < -0.3 is 5.32 Å². The molecule has 0 fully saturated rings. The van der Waals surface area contributed by atoms with E-state index in [-0.39, 0.29) is 5.91 Å². The van der Waals surface area contributed by atoms with E-state index < -0.39 is 0 Å². The molecule has 0 atom stereocenters. The summed E-state index contributed by atoms with van der Waals surface area (Å²) < 4.78 is 0. The Balaban J connectivity index is 2.22. The lowest BCUT2D eigenvalue weighted by Gasteiger charge is -2.05. The van der Waals surface area contributed by atoms with E-state index in [2.05, 4.69) is 10.3 Å². The molecule has 2 rings (SSSR count). The maximum Gasteiger partial charge on any atom is 0.256 e. The van der Waals surface area contributed by atoms with Crippen molar-refractivity contribution in [3.63, 3.8) is 0 Å². The van der Waals surface area contributed by atoms with Gasteiger partial charge in [0.25, 0.3) is 5.91 Å². The van der Waals surface area contributed by atoms with Crippen LogP contribution in [0.3, 0.4) is 0 Å². The minimum atomic E-state index is -0.353. The number of nitrogens with one attached hydrogen (secondary N) is 1. The predicted molar refractivity (Wildman–Crippen MR) is 73.7 cm³/mol. The van der Waals surface area contributed by atoms with Crippen molar-refractivity contribution >= 4 is 46.5 Å². The number of carbonyl (C=O) groups excluding carboxylic acids is 1. The molecule has 0 bridgehead atoms. The molecule has 92 valence electrons. The third-order valence-corrected chi connectivity index (χ3v) is 2.76. The molecule has 0 unspecified atom stereocenters. The largest absolute Gasteiger partial charge is 0.307 e. The van der Waals surface area contributed by atoms with Crippen molar-refractivity contribution in [1.29, 1.82) is 0 Å². The lowest BCUT2D eigenvalue weighted by atomic mass is 10.2. The van der Waals surface area contributed by atoms with E-state index in [1.54, 1.807) is 18.2 Å². The molecule has 0 saturated carbocycles. The number of hydrogen-bond acceptors (Lipinski definition) is 2. The second kappa shape index (κ2) is 5.57. The van der Waals surface area contributed by atoms with Gasteiger partial charge in [-0.25, -0.2) is 4.98 Å². The summed E-state index contributed by atoms with van der Waals surface area (Å²) in [4.78, 5) is 15.9. The summed E-state index contributed by atoms with van der Waals surface area (Å²) in [6, 6.07) is 7.76. The molecule has 1 aromatic heterocycles. The van der Waals surface area contributed by atoms with Gasteiger partial charge in [-0.15, -0.1) is 0 Å². The van der Waals surface area contributed by atoms with Crippen molar-refractivity contribution in [1.82, 2.24) is 4.98 Å². The first-order valence-corrected chi connectivity index (χ1v) is 6.07. The molecule has 0 saturated heterocycles. The molecule has 0 spiro atoms. The molecule has 18 heavy (non-hydrogen) atoms. The number of benzene rings is 1. The molecule has 0 radical (unpaired) electrons. The second-order valence-corrected chi connectivity index (χ2v) is 4.78. The Hall–Kier alpha value is -1.29. The highest BCUT2D eigenvalue weighted by Gasteiger charge is 2.09. The van der Waals surface area contributed by atoms with Crippen LogP contribution in [0.2, 0.25) is 15.1 Å². The van der Waals surface area contributed by atoms with Gasteiger partial charge >= 0.3 is 0 Å². The van der Waals surface area contributed by atoms with Crippen LogP contribution >= 0.6 is 34.8 Å². The molecule has 1 N–H and O–H groups in total. The summed E-state index contributed by atoms with van der Waals surface area (Å²) in [6.45, 7) is 0. The van der Waals surface area contributed by atoms with E-state index >= 15 is 0 Å². The van der Waals surface area contributed by atoms with E-state index in [4.69, 9.17) is 34.8 Å². The van der Waals surface area contributed by atoms with E-state index in [0.717, 1.165) is 0 Å². The van der Waals surface area contributed by atoms with Crippen molar-refractivity contribution in [3.05, 3.63) is 57.2 Å². The number of halogens is 3. The van der Waals surface area contributed by atoms with Crippen LogP contribution < -0.4 is 5.32 Å². The Kier molecular flexibility index (Phi) is 4.07. The number of aromatic nitrogens is 1. The highest BCUT2D eigenvalue weighted by molar-refractivity contribution is 6.35. The zero-order valence-electron chi connectivity index (χ0n) is 8.95. The van der Waals surface area contributed by atoms with E-state index in [0.29, 0.717) is 26.4 Å². The number of anilines is 1. The summed E-state index contributed by atoms with van der Waals surface area (Å²) in [5.41, 5.74) is 0.356. The third-order valence-electron chi connectivity index (χ3n) is 2.09. The molecule has 1 amide bonds. The number of pyridine rings is 1. The molecule has 1 aromatic carbocycles. The summed E-state index contributed by atoms with van der Waals surface area (Å²) in [7, 11) is 0. The lowest BCUT2D eigenvalue weighted by Crippen LogP contribution is -2.12. The maximum absolute atomic E-state index is 11.9. The van der Waals surface area contributed by atoms with E-state index in [1.165, 1.54) is 18.3 Å². The Labute approximate surface area is 119 Å². The Morgan fingerprint density at radius 3 is 2.28 bits per heavy atom. The predicted octanol–water partition coefficient (Wildman–Crippen LogP) is 4.29. The van der Waals surface area contributed by atoms with Crippen LogP contribution in [-0.4, -0.2) is 10.9 Å². The van der Waals surface area contributed by atoms with Gasteiger partial charge in [0.05, 0.1) is 0 Å².